The van der Waals surface area contributed by atoms with Crippen LogP contribution in [0.15, 0.2) is 52.8 Å². The van der Waals surface area contributed by atoms with Gasteiger partial charge in [0.15, 0.2) is 5.71 Å². The molecule has 6 nitrogen and oxygen atoms in total. The average Bonchev–Trinajstić information content (AvgIpc) is 3.66. The van der Waals surface area contributed by atoms with Crippen LogP contribution < -0.4 is 0 Å². The molecule has 3 rings (SSSR count). The van der Waals surface area contributed by atoms with Crippen molar-refractivity contribution in [3.8, 4) is 11.8 Å². The zero-order chi connectivity index (χ0) is 24.7. The molecule has 9 heteroatoms. The molecule has 34 heavy (non-hydrogen) atoms. The van der Waals surface area contributed by atoms with Crippen LogP contribution >= 0.6 is 0 Å². The molecule has 0 heterocycles. The van der Waals surface area contributed by atoms with Crippen LogP contribution in [0.5, 0.6) is 0 Å². The molecule has 1 fully saturated rings. The largest absolute Gasteiger partial charge is 0.464 e. The number of hydrogen-bond donors (Lipinski definition) is 0. The van der Waals surface area contributed by atoms with Crippen molar-refractivity contribution in [1.82, 2.24) is 0 Å². The number of carbonyl (C=O) groups is 1. The van der Waals surface area contributed by atoms with Gasteiger partial charge in [0.05, 0.1) is 12.7 Å². The molecule has 0 aromatic heterocycles. The van der Waals surface area contributed by atoms with E-state index < -0.39 is 17.7 Å². The van der Waals surface area contributed by atoms with Gasteiger partial charge in [-0.1, -0.05) is 52.6 Å². The summed E-state index contributed by atoms with van der Waals surface area (Å²) in [6.45, 7) is 1.50. The molecule has 0 N–H and O–H groups in total. The van der Waals surface area contributed by atoms with E-state index in [2.05, 4.69) is 22.2 Å². The number of methoxy groups -OCH3 is 1. The minimum absolute atomic E-state index is 0.0177. The Hall–Kier alpha value is -3.80. The van der Waals surface area contributed by atoms with Crippen LogP contribution in [0.4, 0.5) is 13.2 Å². The highest BCUT2D eigenvalue weighted by Gasteiger charge is 2.36. The van der Waals surface area contributed by atoms with Crippen molar-refractivity contribution in [1.29, 1.82) is 0 Å². The summed E-state index contributed by atoms with van der Waals surface area (Å²) in [5, 5.41) is 7.63. The number of nitrogens with zero attached hydrogens (tertiary/aromatic N) is 2. The van der Waals surface area contributed by atoms with Crippen molar-refractivity contribution in [2.45, 2.75) is 38.5 Å². The van der Waals surface area contributed by atoms with Crippen LogP contribution in [0.25, 0.3) is 0 Å². The number of rotatable bonds is 7. The predicted octanol–water partition coefficient (Wildman–Crippen LogP) is 5.05. The van der Waals surface area contributed by atoms with Crippen molar-refractivity contribution in [2.24, 2.45) is 10.3 Å². The van der Waals surface area contributed by atoms with E-state index in [1.165, 1.54) is 27.2 Å². The Labute approximate surface area is 195 Å². The van der Waals surface area contributed by atoms with Gasteiger partial charge < -0.3 is 14.4 Å². The van der Waals surface area contributed by atoms with Gasteiger partial charge in [0.25, 0.3) is 0 Å². The zero-order valence-corrected chi connectivity index (χ0v) is 18.9. The third-order valence-electron chi connectivity index (χ3n) is 5.04. The van der Waals surface area contributed by atoms with Crippen LogP contribution in [0.3, 0.4) is 0 Å². The summed E-state index contributed by atoms with van der Waals surface area (Å²) in [7, 11) is 2.53. The van der Waals surface area contributed by atoms with Gasteiger partial charge in [0, 0.05) is 16.7 Å². The lowest BCUT2D eigenvalue weighted by Crippen LogP contribution is -2.19. The van der Waals surface area contributed by atoms with Crippen molar-refractivity contribution in [3.05, 3.63) is 70.3 Å². The third kappa shape index (κ3) is 6.16. The summed E-state index contributed by atoms with van der Waals surface area (Å²) in [6.07, 6.45) is -2.79. The van der Waals surface area contributed by atoms with Gasteiger partial charge in [0.1, 0.15) is 19.4 Å². The first-order chi connectivity index (χ1) is 16.3. The second-order valence-corrected chi connectivity index (χ2v) is 7.51. The quantitative estimate of drug-likeness (QED) is 0.245. The van der Waals surface area contributed by atoms with E-state index in [-0.39, 0.29) is 29.5 Å². The van der Waals surface area contributed by atoms with E-state index in [4.69, 9.17) is 14.4 Å². The summed E-state index contributed by atoms with van der Waals surface area (Å²) < 4.78 is 45.2. The molecule has 0 atom stereocenters. The van der Waals surface area contributed by atoms with Crippen molar-refractivity contribution in [2.75, 3.05) is 14.2 Å². The number of benzene rings is 2. The lowest BCUT2D eigenvalue weighted by Gasteiger charge is -2.12. The Kier molecular flexibility index (Phi) is 7.95. The molecule has 0 radical (unpaired) electrons. The molecule has 2 aromatic rings. The SMILES string of the molecule is CO/N=C(/C(=O)OC)c1ccccc1CO/N=C(\C)C#Cc1c(C2CC2)cccc1C(F)(F)F. The Balaban J connectivity index is 1.80. The number of esters is 1. The number of hydrogen-bond acceptors (Lipinski definition) is 6. The Bertz CT molecular complexity index is 1170. The minimum Gasteiger partial charge on any atom is -0.464 e. The van der Waals surface area contributed by atoms with Crippen molar-refractivity contribution < 1.29 is 32.4 Å². The molecule has 1 aliphatic rings. The standard InChI is InChI=1S/C25H23F3N2O4/c1-16(11-14-21-19(17-12-13-17)9-6-10-22(21)25(26,27)28)29-34-15-18-7-4-5-8-20(18)23(30-33-3)24(31)32-2/h4-10,17H,12-13,15H2,1-3H3/b29-16+,30-23+. The average molecular weight is 472 g/mol. The van der Waals surface area contributed by atoms with Crippen LogP contribution in [-0.4, -0.2) is 31.6 Å². The summed E-state index contributed by atoms with van der Waals surface area (Å²) in [6, 6.07) is 11.0. The normalized spacial score (nSPS) is 14.2. The number of oxime groups is 2. The Morgan fingerprint density at radius 3 is 2.47 bits per heavy atom. The third-order valence-corrected chi connectivity index (χ3v) is 5.04. The molecule has 0 unspecified atom stereocenters. The molecule has 0 aliphatic heterocycles. The number of carbonyl (C=O) groups excluding carboxylic acids is 1. The first kappa shape index (κ1) is 24.8. The van der Waals surface area contributed by atoms with Crippen molar-refractivity contribution >= 4 is 17.4 Å². The number of halogens is 3. The molecule has 1 aliphatic carbocycles. The van der Waals surface area contributed by atoms with Crippen LogP contribution in [0.2, 0.25) is 0 Å². The second kappa shape index (κ2) is 10.9. The molecule has 0 bridgehead atoms. The summed E-state index contributed by atoms with van der Waals surface area (Å²) in [4.78, 5) is 22.1. The topological polar surface area (TPSA) is 69.5 Å². The fourth-order valence-electron chi connectivity index (χ4n) is 3.32. The minimum atomic E-state index is -4.50. The number of alkyl halides is 3. The van der Waals surface area contributed by atoms with Gasteiger partial charge in [-0.3, -0.25) is 0 Å². The molecule has 1 saturated carbocycles. The molecule has 0 amide bonds. The van der Waals surface area contributed by atoms with Crippen molar-refractivity contribution in [3.63, 3.8) is 0 Å². The van der Waals surface area contributed by atoms with E-state index >= 15 is 0 Å². The molecular weight excluding hydrogens is 449 g/mol. The Morgan fingerprint density at radius 2 is 1.82 bits per heavy atom. The van der Waals surface area contributed by atoms with E-state index in [1.807, 2.05) is 0 Å². The monoisotopic (exact) mass is 472 g/mol. The van der Waals surface area contributed by atoms with Gasteiger partial charge >= 0.3 is 12.1 Å². The second-order valence-electron chi connectivity index (χ2n) is 7.51. The van der Waals surface area contributed by atoms with Gasteiger partial charge in [-0.15, -0.1) is 0 Å². The van der Waals surface area contributed by atoms with Crippen LogP contribution in [0.1, 0.15) is 53.5 Å². The smallest absolute Gasteiger partial charge is 0.417 e. The lowest BCUT2D eigenvalue weighted by molar-refractivity contribution is -0.138. The summed E-state index contributed by atoms with van der Waals surface area (Å²) >= 11 is 0. The van der Waals surface area contributed by atoms with E-state index in [9.17, 15) is 18.0 Å². The highest BCUT2D eigenvalue weighted by atomic mass is 19.4. The molecule has 2 aromatic carbocycles. The summed E-state index contributed by atoms with van der Waals surface area (Å²) in [5.74, 6) is 4.73. The first-order valence-corrected chi connectivity index (χ1v) is 10.4. The Morgan fingerprint density at radius 1 is 1.09 bits per heavy atom. The van der Waals surface area contributed by atoms with Crippen LogP contribution in [0, 0.1) is 11.8 Å². The fourth-order valence-corrected chi connectivity index (χ4v) is 3.32. The highest BCUT2D eigenvalue weighted by Crippen LogP contribution is 2.44. The zero-order valence-electron chi connectivity index (χ0n) is 18.9. The van der Waals surface area contributed by atoms with Gasteiger partial charge in [-0.25, -0.2) is 4.79 Å². The maximum atomic E-state index is 13.5. The highest BCUT2D eigenvalue weighted by molar-refractivity contribution is 6.43. The predicted molar refractivity (Wildman–Crippen MR) is 120 cm³/mol. The molecule has 0 saturated heterocycles. The lowest BCUT2D eigenvalue weighted by atomic mass is 9.97. The van der Waals surface area contributed by atoms with Crippen LogP contribution in [-0.2, 0) is 32.0 Å². The maximum Gasteiger partial charge on any atom is 0.417 e. The van der Waals surface area contributed by atoms with Gasteiger partial charge in [-0.05, 0) is 43.2 Å². The van der Waals surface area contributed by atoms with E-state index in [0.717, 1.165) is 18.9 Å². The number of ether oxygens (including phenoxy) is 1. The molecule has 178 valence electrons. The van der Waals surface area contributed by atoms with E-state index in [0.29, 0.717) is 16.7 Å². The van der Waals surface area contributed by atoms with E-state index in [1.54, 1.807) is 30.3 Å². The molecule has 0 spiro atoms. The summed E-state index contributed by atoms with van der Waals surface area (Å²) in [5.41, 5.74) is 1.01. The maximum absolute atomic E-state index is 13.5. The van der Waals surface area contributed by atoms with Gasteiger partial charge in [0.2, 0.25) is 0 Å². The molecular formula is C25H23F3N2O4. The fraction of sp³-hybridized carbons (Fsp3) is 0.320. The van der Waals surface area contributed by atoms with Gasteiger partial charge in [-0.2, -0.15) is 13.2 Å². The first-order valence-electron chi connectivity index (χ1n) is 10.4.